The Labute approximate surface area is 105 Å². The lowest BCUT2D eigenvalue weighted by atomic mass is 10.0. The van der Waals surface area contributed by atoms with Crippen LogP contribution in [0.15, 0.2) is 18.2 Å². The van der Waals surface area contributed by atoms with Crippen LogP contribution < -0.4 is 10.2 Å². The first-order chi connectivity index (χ1) is 8.70. The van der Waals surface area contributed by atoms with Crippen molar-refractivity contribution in [2.24, 2.45) is 5.92 Å². The zero-order valence-corrected chi connectivity index (χ0v) is 10.1. The maximum absolute atomic E-state index is 13.3. The molecule has 3 rings (SSSR count). The molecule has 1 amide bonds. The number of anilines is 2. The molecule has 4 nitrogen and oxygen atoms in total. The Balaban J connectivity index is 2.09. The molecule has 2 unspecified atom stereocenters. The number of fused-ring (bicyclic) bond motifs is 2. The minimum atomic E-state index is -0.339. The number of carbonyl (C=O) groups is 1. The smallest absolute Gasteiger partial charge is 0.232 e. The quantitative estimate of drug-likeness (QED) is 0.823. The fourth-order valence-corrected chi connectivity index (χ4v) is 2.77. The van der Waals surface area contributed by atoms with Gasteiger partial charge in [0.15, 0.2) is 0 Å². The van der Waals surface area contributed by atoms with Crippen molar-refractivity contribution in [2.75, 3.05) is 30.0 Å². The predicted octanol–water partition coefficient (Wildman–Crippen LogP) is 1.62. The summed E-state index contributed by atoms with van der Waals surface area (Å²) in [7, 11) is 0. The number of likely N-dealkylation sites (N-methyl/N-ethyl adjacent to an activating group) is 1. The first-order valence-electron chi connectivity index (χ1n) is 6.15. The molecular weight excluding hydrogens is 235 g/mol. The van der Waals surface area contributed by atoms with Gasteiger partial charge in [0.25, 0.3) is 0 Å². The van der Waals surface area contributed by atoms with E-state index in [1.54, 1.807) is 6.07 Å². The summed E-state index contributed by atoms with van der Waals surface area (Å²) in [5.74, 6) is -0.603. The lowest BCUT2D eigenvalue weighted by Crippen LogP contribution is -2.42. The number of rotatable bonds is 1. The average Bonchev–Trinajstić information content (AvgIpc) is 2.78. The van der Waals surface area contributed by atoms with E-state index in [1.807, 2.05) is 6.92 Å². The maximum Gasteiger partial charge on any atom is 0.232 e. The van der Waals surface area contributed by atoms with Crippen LogP contribution in [0.25, 0.3) is 0 Å². The van der Waals surface area contributed by atoms with E-state index in [0.717, 1.165) is 12.2 Å². The summed E-state index contributed by atoms with van der Waals surface area (Å²) in [4.78, 5) is 14.2. The normalized spacial score (nSPS) is 26.3. The highest BCUT2D eigenvalue weighted by Gasteiger charge is 2.40. The van der Waals surface area contributed by atoms with Crippen LogP contribution in [0.4, 0.5) is 15.8 Å². The minimum Gasteiger partial charge on any atom is -0.378 e. The third kappa shape index (κ3) is 1.66. The van der Waals surface area contributed by atoms with Gasteiger partial charge in [-0.2, -0.15) is 0 Å². The van der Waals surface area contributed by atoms with Crippen LogP contribution >= 0.6 is 0 Å². The highest BCUT2D eigenvalue weighted by atomic mass is 19.1. The fourth-order valence-electron chi connectivity index (χ4n) is 2.77. The molecule has 1 saturated heterocycles. The number of hydrogen-bond donors (Lipinski definition) is 1. The highest BCUT2D eigenvalue weighted by Crippen LogP contribution is 2.35. The van der Waals surface area contributed by atoms with Crippen LogP contribution in [0.3, 0.4) is 0 Å². The van der Waals surface area contributed by atoms with Gasteiger partial charge in [-0.25, -0.2) is 4.39 Å². The zero-order valence-electron chi connectivity index (χ0n) is 10.1. The van der Waals surface area contributed by atoms with E-state index in [0.29, 0.717) is 18.9 Å². The van der Waals surface area contributed by atoms with Crippen molar-refractivity contribution in [2.45, 2.75) is 13.0 Å². The summed E-state index contributed by atoms with van der Waals surface area (Å²) in [5.41, 5.74) is 1.42. The third-order valence-corrected chi connectivity index (χ3v) is 3.65. The van der Waals surface area contributed by atoms with Crippen molar-refractivity contribution in [3.63, 3.8) is 0 Å². The Kier molecular flexibility index (Phi) is 2.70. The lowest BCUT2D eigenvalue weighted by Gasteiger charge is -2.30. The van der Waals surface area contributed by atoms with Crippen molar-refractivity contribution < 1.29 is 13.9 Å². The molecule has 2 aliphatic rings. The third-order valence-electron chi connectivity index (χ3n) is 3.65. The number of halogens is 1. The van der Waals surface area contributed by atoms with E-state index in [1.165, 1.54) is 12.1 Å². The monoisotopic (exact) mass is 250 g/mol. The molecule has 0 spiro atoms. The molecule has 0 bridgehead atoms. The molecule has 0 aromatic heterocycles. The number of hydrogen-bond acceptors (Lipinski definition) is 3. The molecule has 2 atom stereocenters. The van der Waals surface area contributed by atoms with Gasteiger partial charge in [0.2, 0.25) is 5.91 Å². The minimum absolute atomic E-state index is 0.0433. The molecule has 18 heavy (non-hydrogen) atoms. The summed E-state index contributed by atoms with van der Waals surface area (Å²) in [6.45, 7) is 3.77. The molecule has 2 aliphatic heterocycles. The van der Waals surface area contributed by atoms with Gasteiger partial charge in [0, 0.05) is 6.54 Å². The van der Waals surface area contributed by atoms with Gasteiger partial charge in [0.05, 0.1) is 36.5 Å². The average molecular weight is 250 g/mol. The van der Waals surface area contributed by atoms with Crippen LogP contribution in [0.1, 0.15) is 6.92 Å². The molecular formula is C13H15FN2O2. The number of benzene rings is 1. The first-order valence-corrected chi connectivity index (χ1v) is 6.15. The van der Waals surface area contributed by atoms with Crippen molar-refractivity contribution in [1.29, 1.82) is 0 Å². The summed E-state index contributed by atoms with van der Waals surface area (Å²) < 4.78 is 18.7. The number of nitrogens with zero attached hydrogens (tertiary/aromatic N) is 1. The van der Waals surface area contributed by atoms with Gasteiger partial charge < -0.3 is 15.0 Å². The Morgan fingerprint density at radius 1 is 1.50 bits per heavy atom. The highest BCUT2D eigenvalue weighted by molar-refractivity contribution is 5.98. The molecule has 2 heterocycles. The van der Waals surface area contributed by atoms with Gasteiger partial charge in [-0.15, -0.1) is 0 Å². The standard InChI is InChI=1S/C13H15FN2O2/c1-2-16-11-4-3-8(14)5-10(11)15-13(17)9-6-18-7-12(9)16/h3-5,9,12H,2,6-7H2,1H3,(H,15,17). The van der Waals surface area contributed by atoms with Gasteiger partial charge in [-0.3, -0.25) is 4.79 Å². The van der Waals surface area contributed by atoms with E-state index < -0.39 is 0 Å². The van der Waals surface area contributed by atoms with Crippen LogP contribution in [0, 0.1) is 11.7 Å². The van der Waals surface area contributed by atoms with Crippen molar-refractivity contribution in [1.82, 2.24) is 0 Å². The molecule has 0 aliphatic carbocycles. The summed E-state index contributed by atoms with van der Waals surface area (Å²) >= 11 is 0. The second-order valence-electron chi connectivity index (χ2n) is 4.65. The van der Waals surface area contributed by atoms with Crippen molar-refractivity contribution in [3.8, 4) is 0 Å². The van der Waals surface area contributed by atoms with Crippen molar-refractivity contribution >= 4 is 17.3 Å². The SMILES string of the molecule is CCN1c2ccc(F)cc2NC(=O)C2COCC21. The molecule has 1 N–H and O–H groups in total. The van der Waals surface area contributed by atoms with Crippen molar-refractivity contribution in [3.05, 3.63) is 24.0 Å². The topological polar surface area (TPSA) is 41.6 Å². The second kappa shape index (κ2) is 4.24. The zero-order chi connectivity index (χ0) is 12.7. The summed E-state index contributed by atoms with van der Waals surface area (Å²) in [6, 6.07) is 4.55. The van der Waals surface area contributed by atoms with Gasteiger partial charge in [-0.1, -0.05) is 0 Å². The fraction of sp³-hybridized carbons (Fsp3) is 0.462. The van der Waals surface area contributed by atoms with Crippen LogP contribution in [-0.4, -0.2) is 31.7 Å². The molecule has 0 saturated carbocycles. The van der Waals surface area contributed by atoms with Crippen LogP contribution in [0.2, 0.25) is 0 Å². The van der Waals surface area contributed by atoms with E-state index in [9.17, 15) is 9.18 Å². The van der Waals surface area contributed by atoms with E-state index in [4.69, 9.17) is 4.74 Å². The van der Waals surface area contributed by atoms with E-state index in [2.05, 4.69) is 10.2 Å². The molecule has 1 fully saturated rings. The Bertz CT molecular complexity index is 492. The van der Waals surface area contributed by atoms with E-state index in [-0.39, 0.29) is 23.7 Å². The molecule has 96 valence electrons. The van der Waals surface area contributed by atoms with Crippen LogP contribution in [-0.2, 0) is 9.53 Å². The first kappa shape index (κ1) is 11.5. The van der Waals surface area contributed by atoms with Crippen LogP contribution in [0.5, 0.6) is 0 Å². The second-order valence-corrected chi connectivity index (χ2v) is 4.65. The molecule has 0 radical (unpaired) electrons. The molecule has 1 aromatic rings. The summed E-state index contributed by atoms with van der Waals surface area (Å²) in [6.07, 6.45) is 0. The Hall–Kier alpha value is -1.62. The number of amides is 1. The number of carbonyl (C=O) groups excluding carboxylic acids is 1. The number of nitrogens with one attached hydrogen (secondary N) is 1. The number of ether oxygens (including phenoxy) is 1. The van der Waals surface area contributed by atoms with Gasteiger partial charge in [0.1, 0.15) is 5.82 Å². The predicted molar refractivity (Wildman–Crippen MR) is 66.1 cm³/mol. The lowest BCUT2D eigenvalue weighted by molar-refractivity contribution is -0.120. The molecule has 1 aromatic carbocycles. The summed E-state index contributed by atoms with van der Waals surface area (Å²) in [5, 5.41) is 2.80. The van der Waals surface area contributed by atoms with Gasteiger partial charge >= 0.3 is 0 Å². The maximum atomic E-state index is 13.3. The largest absolute Gasteiger partial charge is 0.378 e. The molecule has 5 heteroatoms. The van der Waals surface area contributed by atoms with E-state index >= 15 is 0 Å². The van der Waals surface area contributed by atoms with Gasteiger partial charge in [-0.05, 0) is 25.1 Å². The Morgan fingerprint density at radius 3 is 3.11 bits per heavy atom. The Morgan fingerprint density at radius 2 is 2.33 bits per heavy atom.